The molecule has 0 fully saturated rings. The number of hydrogen-bond acceptors (Lipinski definition) is 2. The number of hydrogen-bond donors (Lipinski definition) is 0. The SMILES string of the molecule is CC(CCl)=C(C)N=C=S. The number of rotatable bonds is 2. The highest BCUT2D eigenvalue weighted by Gasteiger charge is 1.89. The zero-order chi connectivity index (χ0) is 7.28. The van der Waals surface area contributed by atoms with E-state index in [-0.39, 0.29) is 0 Å². The van der Waals surface area contributed by atoms with Crippen LogP contribution in [0.1, 0.15) is 13.8 Å². The van der Waals surface area contributed by atoms with Gasteiger partial charge in [0.1, 0.15) is 0 Å². The molecule has 50 valence electrons. The second kappa shape index (κ2) is 4.68. The summed E-state index contributed by atoms with van der Waals surface area (Å²) in [4.78, 5) is 3.76. The number of alkyl halides is 1. The zero-order valence-electron chi connectivity index (χ0n) is 5.44. The van der Waals surface area contributed by atoms with Gasteiger partial charge in [0, 0.05) is 11.6 Å². The van der Waals surface area contributed by atoms with E-state index in [1.54, 1.807) is 0 Å². The summed E-state index contributed by atoms with van der Waals surface area (Å²) in [6, 6.07) is 0. The van der Waals surface area contributed by atoms with Gasteiger partial charge in [-0.3, -0.25) is 0 Å². The first-order chi connectivity index (χ1) is 4.22. The molecular weight excluding hydrogens is 154 g/mol. The normalized spacial score (nSPS) is 11.9. The lowest BCUT2D eigenvalue weighted by atomic mass is 10.3. The van der Waals surface area contributed by atoms with E-state index in [2.05, 4.69) is 22.4 Å². The summed E-state index contributed by atoms with van der Waals surface area (Å²) in [5, 5.41) is 2.27. The molecule has 0 spiro atoms. The average molecular weight is 162 g/mol. The Kier molecular flexibility index (Phi) is 4.60. The van der Waals surface area contributed by atoms with Crippen molar-refractivity contribution in [1.29, 1.82) is 0 Å². The second-order valence-corrected chi connectivity index (χ2v) is 2.15. The lowest BCUT2D eigenvalue weighted by molar-refractivity contribution is 1.20. The highest BCUT2D eigenvalue weighted by molar-refractivity contribution is 7.78. The predicted octanol–water partition coefficient (Wildman–Crippen LogP) is 2.62. The van der Waals surface area contributed by atoms with Gasteiger partial charge in [0.2, 0.25) is 0 Å². The topological polar surface area (TPSA) is 12.4 Å². The van der Waals surface area contributed by atoms with Crippen LogP contribution in [0, 0.1) is 0 Å². The van der Waals surface area contributed by atoms with E-state index in [0.717, 1.165) is 11.3 Å². The van der Waals surface area contributed by atoms with Crippen molar-refractivity contribution >= 4 is 29.0 Å². The van der Waals surface area contributed by atoms with Gasteiger partial charge in [0.25, 0.3) is 0 Å². The van der Waals surface area contributed by atoms with Crippen LogP contribution >= 0.6 is 23.8 Å². The molecule has 0 saturated heterocycles. The molecule has 0 aromatic carbocycles. The van der Waals surface area contributed by atoms with E-state index in [1.165, 1.54) is 0 Å². The van der Waals surface area contributed by atoms with Gasteiger partial charge in [-0.1, -0.05) is 0 Å². The Balaban J connectivity index is 4.27. The molecule has 0 heterocycles. The molecule has 0 aliphatic carbocycles. The Bertz CT molecular complexity index is 168. The maximum absolute atomic E-state index is 5.50. The summed E-state index contributed by atoms with van der Waals surface area (Å²) in [5.41, 5.74) is 1.90. The Morgan fingerprint density at radius 1 is 1.67 bits per heavy atom. The largest absolute Gasteiger partial charge is 0.200 e. The number of halogens is 1. The minimum absolute atomic E-state index is 0.506. The van der Waals surface area contributed by atoms with Gasteiger partial charge in [-0.15, -0.1) is 11.6 Å². The second-order valence-electron chi connectivity index (χ2n) is 1.70. The lowest BCUT2D eigenvalue weighted by Crippen LogP contribution is -1.80. The van der Waals surface area contributed by atoms with Crippen molar-refractivity contribution in [3.05, 3.63) is 11.3 Å². The smallest absolute Gasteiger partial charge is 0.0637 e. The molecule has 0 saturated carbocycles. The molecule has 0 rings (SSSR count). The third-order valence-electron chi connectivity index (χ3n) is 1.03. The fourth-order valence-corrected chi connectivity index (χ4v) is 0.591. The van der Waals surface area contributed by atoms with Crippen molar-refractivity contribution in [3.8, 4) is 0 Å². The molecule has 0 bridgehead atoms. The van der Waals surface area contributed by atoms with Crippen molar-refractivity contribution < 1.29 is 0 Å². The first-order valence-electron chi connectivity index (χ1n) is 2.52. The lowest BCUT2D eigenvalue weighted by Gasteiger charge is -1.93. The van der Waals surface area contributed by atoms with Gasteiger partial charge < -0.3 is 0 Å². The van der Waals surface area contributed by atoms with Gasteiger partial charge in [-0.05, 0) is 31.6 Å². The van der Waals surface area contributed by atoms with E-state index in [9.17, 15) is 0 Å². The summed E-state index contributed by atoms with van der Waals surface area (Å²) in [7, 11) is 0. The number of nitrogens with zero attached hydrogens (tertiary/aromatic N) is 1. The standard InChI is InChI=1S/C6H8ClNS/c1-5(3-7)6(2)8-4-9/h3H2,1-2H3. The van der Waals surface area contributed by atoms with Gasteiger partial charge >= 0.3 is 0 Å². The van der Waals surface area contributed by atoms with E-state index in [4.69, 9.17) is 11.6 Å². The molecule has 0 amide bonds. The zero-order valence-corrected chi connectivity index (χ0v) is 7.01. The predicted molar refractivity (Wildman–Crippen MR) is 44.1 cm³/mol. The Morgan fingerprint density at radius 3 is 2.56 bits per heavy atom. The molecule has 0 aliphatic heterocycles. The summed E-state index contributed by atoms with van der Waals surface area (Å²) in [6.45, 7) is 3.77. The molecular formula is C6H8ClNS. The van der Waals surface area contributed by atoms with Crippen LogP contribution in [0.3, 0.4) is 0 Å². The van der Waals surface area contributed by atoms with Crippen LogP contribution in [0.25, 0.3) is 0 Å². The molecule has 0 radical (unpaired) electrons. The third kappa shape index (κ3) is 3.41. The first-order valence-corrected chi connectivity index (χ1v) is 3.46. The Hall–Kier alpha value is -0.170. The fraction of sp³-hybridized carbons (Fsp3) is 0.500. The van der Waals surface area contributed by atoms with Crippen LogP contribution in [-0.2, 0) is 0 Å². The maximum Gasteiger partial charge on any atom is 0.0637 e. The van der Waals surface area contributed by atoms with Gasteiger partial charge in [0.15, 0.2) is 0 Å². The molecule has 0 aromatic heterocycles. The molecule has 0 aromatic rings. The monoisotopic (exact) mass is 161 g/mol. The number of allylic oxidation sites excluding steroid dienone is 2. The van der Waals surface area contributed by atoms with Crippen LogP contribution in [0.15, 0.2) is 16.3 Å². The average Bonchev–Trinajstić information content (AvgIpc) is 1.87. The number of aliphatic imine (C=N–C) groups is 1. The van der Waals surface area contributed by atoms with Crippen LogP contribution < -0.4 is 0 Å². The summed E-state index contributed by atoms with van der Waals surface area (Å²) < 4.78 is 0. The fourth-order valence-electron chi connectivity index (χ4n) is 0.261. The van der Waals surface area contributed by atoms with Crippen LogP contribution in [0.2, 0.25) is 0 Å². The van der Waals surface area contributed by atoms with Gasteiger partial charge in [0.05, 0.1) is 5.16 Å². The molecule has 0 atom stereocenters. The van der Waals surface area contributed by atoms with E-state index in [0.29, 0.717) is 5.88 Å². The van der Waals surface area contributed by atoms with Crippen molar-refractivity contribution in [1.82, 2.24) is 0 Å². The molecule has 9 heavy (non-hydrogen) atoms. The maximum atomic E-state index is 5.50. The van der Waals surface area contributed by atoms with Crippen molar-refractivity contribution in [2.24, 2.45) is 4.99 Å². The van der Waals surface area contributed by atoms with E-state index < -0.39 is 0 Å². The van der Waals surface area contributed by atoms with Crippen molar-refractivity contribution in [2.45, 2.75) is 13.8 Å². The van der Waals surface area contributed by atoms with Gasteiger partial charge in [-0.2, -0.15) is 4.99 Å². The van der Waals surface area contributed by atoms with Crippen LogP contribution in [0.5, 0.6) is 0 Å². The third-order valence-corrected chi connectivity index (χ3v) is 1.52. The molecule has 1 nitrogen and oxygen atoms in total. The summed E-state index contributed by atoms with van der Waals surface area (Å²) in [5.74, 6) is 0.506. The molecule has 0 unspecified atom stereocenters. The highest BCUT2D eigenvalue weighted by atomic mass is 35.5. The highest BCUT2D eigenvalue weighted by Crippen LogP contribution is 2.04. The number of isothiocyanates is 1. The van der Waals surface area contributed by atoms with Gasteiger partial charge in [-0.25, -0.2) is 0 Å². The van der Waals surface area contributed by atoms with Crippen molar-refractivity contribution in [2.75, 3.05) is 5.88 Å². The van der Waals surface area contributed by atoms with Crippen LogP contribution in [0.4, 0.5) is 0 Å². The van der Waals surface area contributed by atoms with E-state index in [1.807, 2.05) is 13.8 Å². The quantitative estimate of drug-likeness (QED) is 0.345. The Labute approximate surface area is 65.4 Å². The van der Waals surface area contributed by atoms with Crippen molar-refractivity contribution in [3.63, 3.8) is 0 Å². The van der Waals surface area contributed by atoms with E-state index >= 15 is 0 Å². The Morgan fingerprint density at radius 2 is 2.22 bits per heavy atom. The summed E-state index contributed by atoms with van der Waals surface area (Å²) in [6.07, 6.45) is 0. The minimum atomic E-state index is 0.506. The molecule has 0 aliphatic rings. The first kappa shape index (κ1) is 8.83. The molecule has 0 N–H and O–H groups in total. The number of thiocarbonyl (C=S) groups is 1. The minimum Gasteiger partial charge on any atom is -0.200 e. The van der Waals surface area contributed by atoms with Crippen LogP contribution in [-0.4, -0.2) is 11.0 Å². The summed E-state index contributed by atoms with van der Waals surface area (Å²) >= 11 is 9.90. The molecule has 3 heteroatoms.